The predicted molar refractivity (Wildman–Crippen MR) is 62.6 cm³/mol. The maximum Gasteiger partial charge on any atom is 0.227 e. The minimum absolute atomic E-state index is 0.0422. The number of carbonyl (C=O) groups is 1. The van der Waals surface area contributed by atoms with Crippen LogP contribution in [-0.4, -0.2) is 23.9 Å². The highest BCUT2D eigenvalue weighted by atomic mass is 19.1. The quantitative estimate of drug-likeness (QED) is 0.768. The van der Waals surface area contributed by atoms with Crippen molar-refractivity contribution in [3.63, 3.8) is 0 Å². The number of hydrogen-bond donors (Lipinski definition) is 0. The number of amides is 1. The summed E-state index contributed by atoms with van der Waals surface area (Å²) in [6.45, 7) is 4.01. The zero-order chi connectivity index (χ0) is 12.1. The van der Waals surface area contributed by atoms with E-state index < -0.39 is 0 Å². The molecule has 1 rings (SSSR count). The van der Waals surface area contributed by atoms with E-state index in [2.05, 4.69) is 0 Å². The van der Waals surface area contributed by atoms with Crippen molar-refractivity contribution in [2.24, 2.45) is 0 Å². The average molecular weight is 223 g/mol. The van der Waals surface area contributed by atoms with Crippen molar-refractivity contribution in [3.05, 3.63) is 35.6 Å². The van der Waals surface area contributed by atoms with E-state index in [1.807, 2.05) is 13.8 Å². The molecule has 16 heavy (non-hydrogen) atoms. The highest BCUT2D eigenvalue weighted by molar-refractivity contribution is 5.78. The van der Waals surface area contributed by atoms with Crippen molar-refractivity contribution in [2.75, 3.05) is 7.05 Å². The topological polar surface area (TPSA) is 20.3 Å². The number of carbonyl (C=O) groups excluding carboxylic acids is 1. The molecule has 1 unspecified atom stereocenters. The van der Waals surface area contributed by atoms with Crippen LogP contribution in [0.5, 0.6) is 0 Å². The first-order valence-electron chi connectivity index (χ1n) is 5.55. The normalized spacial score (nSPS) is 12.2. The highest BCUT2D eigenvalue weighted by Crippen LogP contribution is 2.10. The van der Waals surface area contributed by atoms with Crippen molar-refractivity contribution in [2.45, 2.75) is 32.7 Å². The third-order valence-electron chi connectivity index (χ3n) is 2.94. The summed E-state index contributed by atoms with van der Waals surface area (Å²) in [4.78, 5) is 13.5. The summed E-state index contributed by atoms with van der Waals surface area (Å²) < 4.78 is 13.3. The lowest BCUT2D eigenvalue weighted by atomic mass is 10.1. The van der Waals surface area contributed by atoms with Gasteiger partial charge in [-0.15, -0.1) is 0 Å². The van der Waals surface area contributed by atoms with Gasteiger partial charge in [0.25, 0.3) is 0 Å². The Morgan fingerprint density at radius 2 is 2.06 bits per heavy atom. The molecule has 0 spiro atoms. The van der Waals surface area contributed by atoms with Gasteiger partial charge in [0.15, 0.2) is 0 Å². The summed E-state index contributed by atoms with van der Waals surface area (Å²) in [7, 11) is 1.76. The minimum Gasteiger partial charge on any atom is -0.343 e. The smallest absolute Gasteiger partial charge is 0.227 e. The third-order valence-corrected chi connectivity index (χ3v) is 2.94. The Hall–Kier alpha value is -1.38. The van der Waals surface area contributed by atoms with Gasteiger partial charge < -0.3 is 4.90 Å². The molecule has 3 heteroatoms. The minimum atomic E-state index is -0.312. The van der Waals surface area contributed by atoms with Crippen LogP contribution in [-0.2, 0) is 11.2 Å². The van der Waals surface area contributed by atoms with Gasteiger partial charge in [0.1, 0.15) is 5.82 Å². The van der Waals surface area contributed by atoms with E-state index >= 15 is 0 Å². The van der Waals surface area contributed by atoms with E-state index in [1.165, 1.54) is 6.07 Å². The van der Waals surface area contributed by atoms with Gasteiger partial charge in [-0.05, 0) is 25.0 Å². The lowest BCUT2D eigenvalue weighted by molar-refractivity contribution is -0.131. The Morgan fingerprint density at radius 3 is 2.62 bits per heavy atom. The van der Waals surface area contributed by atoms with Crippen LogP contribution in [0.1, 0.15) is 25.8 Å². The van der Waals surface area contributed by atoms with E-state index in [0.29, 0.717) is 5.56 Å². The summed E-state index contributed by atoms with van der Waals surface area (Å²) in [6.07, 6.45) is 1.03. The lowest BCUT2D eigenvalue weighted by Gasteiger charge is -2.23. The Morgan fingerprint density at radius 1 is 1.44 bits per heavy atom. The number of likely N-dealkylation sites (N-methyl/N-ethyl adjacent to an activating group) is 1. The molecule has 0 saturated carbocycles. The Kier molecular flexibility index (Phi) is 4.47. The zero-order valence-corrected chi connectivity index (χ0v) is 10.0. The van der Waals surface area contributed by atoms with E-state index in [9.17, 15) is 9.18 Å². The molecule has 1 aromatic carbocycles. The van der Waals surface area contributed by atoms with Crippen LogP contribution in [0.2, 0.25) is 0 Å². The first kappa shape index (κ1) is 12.7. The van der Waals surface area contributed by atoms with Gasteiger partial charge in [0.05, 0.1) is 6.42 Å². The van der Waals surface area contributed by atoms with Crippen LogP contribution in [0.15, 0.2) is 24.3 Å². The van der Waals surface area contributed by atoms with Gasteiger partial charge in [-0.1, -0.05) is 25.1 Å². The summed E-state index contributed by atoms with van der Waals surface area (Å²) in [5, 5.41) is 0. The van der Waals surface area contributed by atoms with Crippen LogP contribution < -0.4 is 0 Å². The number of halogens is 1. The first-order chi connectivity index (χ1) is 7.56. The molecule has 0 N–H and O–H groups in total. The molecule has 0 radical (unpaired) electrons. The zero-order valence-electron chi connectivity index (χ0n) is 10.0. The first-order valence-corrected chi connectivity index (χ1v) is 5.55. The third kappa shape index (κ3) is 3.05. The maximum absolute atomic E-state index is 13.3. The summed E-state index contributed by atoms with van der Waals surface area (Å²) in [5.41, 5.74) is 0.461. The fraction of sp³-hybridized carbons (Fsp3) is 0.462. The molecule has 0 fully saturated rings. The summed E-state index contributed by atoms with van der Waals surface area (Å²) in [5.74, 6) is -0.354. The van der Waals surface area contributed by atoms with Crippen molar-refractivity contribution < 1.29 is 9.18 Å². The highest BCUT2D eigenvalue weighted by Gasteiger charge is 2.15. The maximum atomic E-state index is 13.3. The molecule has 0 bridgehead atoms. The van der Waals surface area contributed by atoms with E-state index in [1.54, 1.807) is 30.1 Å². The molecule has 1 amide bonds. The molecule has 0 aliphatic rings. The van der Waals surface area contributed by atoms with E-state index in [-0.39, 0.29) is 24.2 Å². The number of benzene rings is 1. The van der Waals surface area contributed by atoms with Gasteiger partial charge in [0.2, 0.25) is 5.91 Å². The lowest BCUT2D eigenvalue weighted by Crippen LogP contribution is -2.35. The Bertz CT molecular complexity index is 365. The molecule has 2 nitrogen and oxygen atoms in total. The predicted octanol–water partition coefficient (Wildman–Crippen LogP) is 2.63. The molecule has 0 saturated heterocycles. The van der Waals surface area contributed by atoms with Gasteiger partial charge in [-0.2, -0.15) is 0 Å². The molecule has 0 aromatic heterocycles. The van der Waals surface area contributed by atoms with E-state index in [4.69, 9.17) is 0 Å². The van der Waals surface area contributed by atoms with E-state index in [0.717, 1.165) is 6.42 Å². The second-order valence-electron chi connectivity index (χ2n) is 4.03. The number of nitrogens with zero attached hydrogens (tertiary/aromatic N) is 1. The average Bonchev–Trinajstić information content (AvgIpc) is 2.30. The molecular formula is C13H18FNO. The summed E-state index contributed by atoms with van der Waals surface area (Å²) in [6, 6.07) is 6.60. The molecule has 0 aliphatic heterocycles. The van der Waals surface area contributed by atoms with Crippen molar-refractivity contribution >= 4 is 5.91 Å². The molecule has 1 aromatic rings. The van der Waals surface area contributed by atoms with Crippen molar-refractivity contribution in [1.82, 2.24) is 4.90 Å². The molecule has 0 heterocycles. The van der Waals surface area contributed by atoms with Gasteiger partial charge >= 0.3 is 0 Å². The largest absolute Gasteiger partial charge is 0.343 e. The second kappa shape index (κ2) is 5.64. The van der Waals surface area contributed by atoms with Gasteiger partial charge in [0, 0.05) is 13.1 Å². The van der Waals surface area contributed by atoms with Gasteiger partial charge in [-0.3, -0.25) is 4.79 Å². The van der Waals surface area contributed by atoms with Crippen molar-refractivity contribution in [3.8, 4) is 0 Å². The van der Waals surface area contributed by atoms with Crippen LogP contribution in [0.4, 0.5) is 4.39 Å². The standard InChI is InChI=1S/C13H18FNO/c1-4-10(2)15(3)13(16)9-11-7-5-6-8-12(11)14/h5-8,10H,4,9H2,1-3H3. The summed E-state index contributed by atoms with van der Waals surface area (Å²) >= 11 is 0. The number of rotatable bonds is 4. The van der Waals surface area contributed by atoms with Gasteiger partial charge in [-0.25, -0.2) is 4.39 Å². The van der Waals surface area contributed by atoms with Crippen LogP contribution in [0, 0.1) is 5.82 Å². The molecular weight excluding hydrogens is 205 g/mol. The SMILES string of the molecule is CCC(C)N(C)C(=O)Cc1ccccc1F. The number of hydrogen-bond acceptors (Lipinski definition) is 1. The monoisotopic (exact) mass is 223 g/mol. The van der Waals surface area contributed by atoms with Crippen LogP contribution in [0.25, 0.3) is 0 Å². The van der Waals surface area contributed by atoms with Crippen LogP contribution >= 0.6 is 0 Å². The second-order valence-corrected chi connectivity index (χ2v) is 4.03. The molecule has 0 aliphatic carbocycles. The fourth-order valence-corrected chi connectivity index (χ4v) is 1.45. The molecule has 88 valence electrons. The Balaban J connectivity index is 2.68. The Labute approximate surface area is 96.1 Å². The fourth-order valence-electron chi connectivity index (χ4n) is 1.45. The molecule has 1 atom stereocenters. The van der Waals surface area contributed by atoms with Crippen LogP contribution in [0.3, 0.4) is 0 Å². The van der Waals surface area contributed by atoms with Crippen molar-refractivity contribution in [1.29, 1.82) is 0 Å².